The van der Waals surface area contributed by atoms with Crippen LogP contribution in [0.2, 0.25) is 0 Å². The third-order valence-corrected chi connectivity index (χ3v) is 8.28. The molecule has 1 saturated heterocycles. The second-order valence-electron chi connectivity index (χ2n) is 9.86. The van der Waals surface area contributed by atoms with Crippen molar-refractivity contribution in [2.75, 3.05) is 18.4 Å². The first-order valence-electron chi connectivity index (χ1n) is 11.5. The van der Waals surface area contributed by atoms with Crippen molar-refractivity contribution >= 4 is 62.9 Å². The number of fused-ring (bicyclic) bond motifs is 3. The molecule has 0 radical (unpaired) electrons. The molecular weight excluding hydrogens is 602 g/mol. The van der Waals surface area contributed by atoms with Crippen molar-refractivity contribution < 1.29 is 9.18 Å². The molecule has 2 aliphatic rings. The van der Waals surface area contributed by atoms with E-state index in [-0.39, 0.29) is 35.6 Å². The normalized spacial score (nSPS) is 18.3. The van der Waals surface area contributed by atoms with Crippen LogP contribution in [0.25, 0.3) is 10.7 Å². The lowest BCUT2D eigenvalue weighted by molar-refractivity contribution is 0.0950. The number of anilines is 2. The molecule has 1 aromatic carbocycles. The molecule has 1 fully saturated rings. The Morgan fingerprint density at radius 2 is 2.17 bits per heavy atom. The topological polar surface area (TPSA) is 83.9 Å². The van der Waals surface area contributed by atoms with Crippen molar-refractivity contribution in [2.24, 2.45) is 5.41 Å². The standard InChI is InChI=1S/C24H28FIN6OS.ClH/c1-13-30-31-21-20-16(10-24(2,3)12-32(13)21)19(22(33)28-11-15-5-4-8-27-15)23(34-20)29-18-7-6-14(26)9-17(18)25;/h6-7,9,15,27,29H,4-5,8,10-12H2,1-3H3,(H,28,33);1H. The van der Waals surface area contributed by atoms with Gasteiger partial charge in [0.15, 0.2) is 5.82 Å². The Labute approximate surface area is 228 Å². The number of aromatic nitrogens is 3. The van der Waals surface area contributed by atoms with Crippen LogP contribution in [0.3, 0.4) is 0 Å². The molecule has 11 heteroatoms. The fourth-order valence-electron chi connectivity index (χ4n) is 4.79. The van der Waals surface area contributed by atoms with E-state index in [1.165, 1.54) is 17.4 Å². The van der Waals surface area contributed by atoms with Crippen molar-refractivity contribution in [1.29, 1.82) is 0 Å². The number of benzene rings is 1. The number of hydrogen-bond acceptors (Lipinski definition) is 6. The zero-order valence-electron chi connectivity index (χ0n) is 19.9. The first kappa shape index (κ1) is 26.3. The van der Waals surface area contributed by atoms with Crippen LogP contribution in [-0.2, 0) is 13.0 Å². The maximum Gasteiger partial charge on any atom is 0.254 e. The third-order valence-electron chi connectivity index (χ3n) is 6.47. The summed E-state index contributed by atoms with van der Waals surface area (Å²) in [4.78, 5) is 14.5. The summed E-state index contributed by atoms with van der Waals surface area (Å²) >= 11 is 3.53. The number of hydrogen-bond donors (Lipinski definition) is 3. The molecule has 0 saturated carbocycles. The van der Waals surface area contributed by atoms with Gasteiger partial charge in [-0.25, -0.2) is 4.39 Å². The average molecular weight is 631 g/mol. The number of amides is 1. The van der Waals surface area contributed by atoms with Gasteiger partial charge >= 0.3 is 0 Å². The summed E-state index contributed by atoms with van der Waals surface area (Å²) in [7, 11) is 0. The molecule has 4 heterocycles. The first-order chi connectivity index (χ1) is 16.2. The maximum absolute atomic E-state index is 14.7. The minimum absolute atomic E-state index is 0. The van der Waals surface area contributed by atoms with E-state index in [0.717, 1.165) is 51.6 Å². The Balaban J connectivity index is 0.00000289. The first-order valence-corrected chi connectivity index (χ1v) is 13.4. The van der Waals surface area contributed by atoms with Crippen LogP contribution in [0.5, 0.6) is 0 Å². The molecule has 1 atom stereocenters. The van der Waals surface area contributed by atoms with E-state index in [4.69, 9.17) is 0 Å². The highest BCUT2D eigenvalue weighted by molar-refractivity contribution is 14.1. The minimum Gasteiger partial charge on any atom is -0.350 e. The van der Waals surface area contributed by atoms with Gasteiger partial charge in [0.1, 0.15) is 16.6 Å². The van der Waals surface area contributed by atoms with E-state index in [1.54, 1.807) is 6.07 Å². The van der Waals surface area contributed by atoms with E-state index in [9.17, 15) is 9.18 Å². The fourth-order valence-corrected chi connectivity index (χ4v) is 6.47. The summed E-state index contributed by atoms with van der Waals surface area (Å²) in [6.45, 7) is 8.66. The van der Waals surface area contributed by atoms with Crippen LogP contribution in [0.1, 0.15) is 48.4 Å². The maximum atomic E-state index is 14.7. The van der Waals surface area contributed by atoms with Crippen LogP contribution < -0.4 is 16.0 Å². The number of carbonyl (C=O) groups excluding carboxylic acids is 1. The van der Waals surface area contributed by atoms with Crippen molar-refractivity contribution in [2.45, 2.75) is 52.6 Å². The average Bonchev–Trinajstić information content (AvgIpc) is 3.47. The van der Waals surface area contributed by atoms with Crippen molar-refractivity contribution in [3.63, 3.8) is 0 Å². The number of thiophene rings is 1. The zero-order valence-corrected chi connectivity index (χ0v) is 23.7. The van der Waals surface area contributed by atoms with Crippen LogP contribution in [0.4, 0.5) is 15.1 Å². The highest BCUT2D eigenvalue weighted by Gasteiger charge is 2.35. The van der Waals surface area contributed by atoms with Crippen LogP contribution in [0, 0.1) is 21.7 Å². The molecule has 0 aliphatic carbocycles. The van der Waals surface area contributed by atoms with Crippen LogP contribution in [0.15, 0.2) is 18.2 Å². The van der Waals surface area contributed by atoms with Gasteiger partial charge in [0.25, 0.3) is 5.91 Å². The van der Waals surface area contributed by atoms with Crippen molar-refractivity contribution in [3.05, 3.63) is 44.5 Å². The molecule has 1 unspecified atom stereocenters. The smallest absolute Gasteiger partial charge is 0.254 e. The van der Waals surface area contributed by atoms with E-state index in [0.29, 0.717) is 29.2 Å². The molecule has 7 nitrogen and oxygen atoms in total. The number of halogens is 3. The number of aryl methyl sites for hydroxylation is 1. The number of nitrogens with zero attached hydrogens (tertiary/aromatic N) is 3. The SMILES string of the molecule is Cc1nnc2n1CC(C)(C)Cc1c-2sc(Nc2ccc(I)cc2F)c1C(=O)NCC1CCCN1.Cl. The van der Waals surface area contributed by atoms with Gasteiger partial charge in [0.05, 0.1) is 16.1 Å². The molecule has 2 aromatic heterocycles. The largest absolute Gasteiger partial charge is 0.350 e. The second-order valence-corrected chi connectivity index (χ2v) is 12.1. The summed E-state index contributed by atoms with van der Waals surface area (Å²) in [5, 5.41) is 19.2. The highest BCUT2D eigenvalue weighted by atomic mass is 127. The Kier molecular flexibility index (Phi) is 7.75. The predicted molar refractivity (Wildman–Crippen MR) is 149 cm³/mol. The Bertz CT molecular complexity index is 1250. The van der Waals surface area contributed by atoms with Crippen LogP contribution >= 0.6 is 46.3 Å². The molecular formula is C24H29ClFIN6OS. The number of nitrogens with one attached hydrogen (secondary N) is 3. The summed E-state index contributed by atoms with van der Waals surface area (Å²) < 4.78 is 17.7. The predicted octanol–water partition coefficient (Wildman–Crippen LogP) is 5.29. The molecule has 188 valence electrons. The summed E-state index contributed by atoms with van der Waals surface area (Å²) in [6.07, 6.45) is 2.88. The fraction of sp³-hybridized carbons (Fsp3) is 0.458. The second kappa shape index (κ2) is 10.3. The lowest BCUT2D eigenvalue weighted by Gasteiger charge is -2.24. The van der Waals surface area contributed by atoms with Gasteiger partial charge in [-0.2, -0.15) is 0 Å². The Morgan fingerprint density at radius 3 is 2.89 bits per heavy atom. The van der Waals surface area contributed by atoms with Crippen LogP contribution in [-0.4, -0.2) is 39.8 Å². The van der Waals surface area contributed by atoms with Gasteiger partial charge in [-0.3, -0.25) is 4.79 Å². The quantitative estimate of drug-likeness (QED) is 0.334. The lowest BCUT2D eigenvalue weighted by atomic mass is 9.85. The molecule has 3 aromatic rings. The molecule has 3 N–H and O–H groups in total. The van der Waals surface area contributed by atoms with Gasteiger partial charge in [0, 0.05) is 22.7 Å². The van der Waals surface area contributed by atoms with Gasteiger partial charge in [-0.05, 0) is 84.5 Å². The minimum atomic E-state index is -0.351. The Morgan fingerprint density at radius 1 is 1.37 bits per heavy atom. The summed E-state index contributed by atoms with van der Waals surface area (Å²) in [6, 6.07) is 5.33. The van der Waals surface area contributed by atoms with Crippen molar-refractivity contribution in [3.8, 4) is 10.7 Å². The van der Waals surface area contributed by atoms with Gasteiger partial charge in [-0.1, -0.05) is 13.8 Å². The van der Waals surface area contributed by atoms with E-state index in [1.807, 2.05) is 13.0 Å². The van der Waals surface area contributed by atoms with E-state index in [2.05, 4.69) is 67.2 Å². The molecule has 2 aliphatic heterocycles. The monoisotopic (exact) mass is 630 g/mol. The van der Waals surface area contributed by atoms with Gasteiger partial charge in [-0.15, -0.1) is 33.9 Å². The third kappa shape index (κ3) is 5.35. The van der Waals surface area contributed by atoms with Gasteiger partial charge < -0.3 is 20.5 Å². The van der Waals surface area contributed by atoms with Gasteiger partial charge in [0.2, 0.25) is 0 Å². The van der Waals surface area contributed by atoms with E-state index >= 15 is 0 Å². The Hall–Kier alpha value is -1.76. The molecule has 0 spiro atoms. The van der Waals surface area contributed by atoms with E-state index < -0.39 is 0 Å². The molecule has 5 rings (SSSR count). The lowest BCUT2D eigenvalue weighted by Crippen LogP contribution is -2.37. The van der Waals surface area contributed by atoms with Crippen molar-refractivity contribution in [1.82, 2.24) is 25.4 Å². The number of rotatable bonds is 5. The zero-order chi connectivity index (χ0) is 24.0. The molecule has 1 amide bonds. The summed E-state index contributed by atoms with van der Waals surface area (Å²) in [5.41, 5.74) is 1.77. The highest BCUT2D eigenvalue weighted by Crippen LogP contribution is 2.46. The summed E-state index contributed by atoms with van der Waals surface area (Å²) in [5.74, 6) is 1.13. The number of carbonyl (C=O) groups is 1. The molecule has 0 bridgehead atoms. The molecule has 35 heavy (non-hydrogen) atoms.